The number of para-hydroxylation sites is 1. The van der Waals surface area contributed by atoms with E-state index in [1.165, 1.54) is 6.07 Å². The van der Waals surface area contributed by atoms with Gasteiger partial charge in [0.2, 0.25) is 0 Å². The third-order valence-electron chi connectivity index (χ3n) is 2.31. The summed E-state index contributed by atoms with van der Waals surface area (Å²) in [6, 6.07) is 8.81. The Labute approximate surface area is 107 Å². The van der Waals surface area contributed by atoms with Gasteiger partial charge in [-0.2, -0.15) is 0 Å². The van der Waals surface area contributed by atoms with Crippen molar-refractivity contribution in [1.29, 1.82) is 0 Å². The molecule has 0 atom stereocenters. The lowest BCUT2D eigenvalue weighted by Crippen LogP contribution is -2.05. The average molecular weight is 296 g/mol. The fraction of sp³-hybridized carbons (Fsp3) is 0.0833. The number of nitrogens with one attached hydrogen (secondary N) is 1. The largest absolute Gasteiger partial charge is 0.398 e. The number of aromatic nitrogens is 1. The molecule has 0 aliphatic rings. The zero-order chi connectivity index (χ0) is 12.3. The molecule has 0 aliphatic carbocycles. The van der Waals surface area contributed by atoms with E-state index in [4.69, 9.17) is 5.73 Å². The maximum atomic E-state index is 13.5. The SMILES string of the molecule is Nc1ccccc1CNc1ncc(Br)cc1F. The van der Waals surface area contributed by atoms with Crippen LogP contribution in [0.3, 0.4) is 0 Å². The van der Waals surface area contributed by atoms with Gasteiger partial charge in [-0.15, -0.1) is 0 Å². The molecule has 0 unspecified atom stereocenters. The maximum Gasteiger partial charge on any atom is 0.166 e. The van der Waals surface area contributed by atoms with E-state index < -0.39 is 5.82 Å². The summed E-state index contributed by atoms with van der Waals surface area (Å²) in [7, 11) is 0. The number of benzene rings is 1. The Kier molecular flexibility index (Phi) is 3.58. The normalized spacial score (nSPS) is 10.2. The van der Waals surface area contributed by atoms with Gasteiger partial charge in [0.15, 0.2) is 11.6 Å². The Morgan fingerprint density at radius 3 is 2.82 bits per heavy atom. The van der Waals surface area contributed by atoms with Crippen LogP contribution in [0.25, 0.3) is 0 Å². The summed E-state index contributed by atoms with van der Waals surface area (Å²) in [4.78, 5) is 3.95. The molecule has 0 aliphatic heterocycles. The van der Waals surface area contributed by atoms with Crippen molar-refractivity contribution in [1.82, 2.24) is 4.98 Å². The van der Waals surface area contributed by atoms with Crippen LogP contribution in [0.15, 0.2) is 41.0 Å². The van der Waals surface area contributed by atoms with Crippen molar-refractivity contribution in [2.24, 2.45) is 0 Å². The third kappa shape index (κ3) is 2.94. The number of nitrogens with zero attached hydrogens (tertiary/aromatic N) is 1. The molecule has 1 aromatic carbocycles. The molecule has 1 aromatic heterocycles. The van der Waals surface area contributed by atoms with Crippen LogP contribution in [0, 0.1) is 5.82 Å². The monoisotopic (exact) mass is 295 g/mol. The number of hydrogen-bond acceptors (Lipinski definition) is 3. The standard InChI is InChI=1S/C12H11BrFN3/c13-9-5-10(14)12(17-7-9)16-6-8-3-1-2-4-11(8)15/h1-5,7H,6,15H2,(H,16,17). The number of hydrogen-bond donors (Lipinski definition) is 2. The highest BCUT2D eigenvalue weighted by Crippen LogP contribution is 2.18. The van der Waals surface area contributed by atoms with Gasteiger partial charge in [-0.25, -0.2) is 9.37 Å². The van der Waals surface area contributed by atoms with Gasteiger partial charge in [0.05, 0.1) is 0 Å². The highest BCUT2D eigenvalue weighted by Gasteiger charge is 2.04. The molecule has 0 spiro atoms. The zero-order valence-electron chi connectivity index (χ0n) is 8.95. The smallest absolute Gasteiger partial charge is 0.166 e. The van der Waals surface area contributed by atoms with Gasteiger partial charge in [0.1, 0.15) is 0 Å². The summed E-state index contributed by atoms with van der Waals surface area (Å²) in [5, 5.41) is 2.91. The quantitative estimate of drug-likeness (QED) is 0.855. The molecule has 0 radical (unpaired) electrons. The first-order chi connectivity index (χ1) is 8.16. The molecule has 5 heteroatoms. The zero-order valence-corrected chi connectivity index (χ0v) is 10.5. The summed E-state index contributed by atoms with van der Waals surface area (Å²) >= 11 is 3.15. The molecule has 3 nitrogen and oxygen atoms in total. The predicted octanol–water partition coefficient (Wildman–Crippen LogP) is 3.18. The number of rotatable bonds is 3. The fourth-order valence-corrected chi connectivity index (χ4v) is 1.72. The van der Waals surface area contributed by atoms with E-state index in [1.807, 2.05) is 24.3 Å². The molecule has 2 aromatic rings. The summed E-state index contributed by atoms with van der Waals surface area (Å²) in [6.45, 7) is 0.443. The lowest BCUT2D eigenvalue weighted by Gasteiger charge is -2.08. The van der Waals surface area contributed by atoms with Crippen LogP contribution in [0.5, 0.6) is 0 Å². The first-order valence-electron chi connectivity index (χ1n) is 5.05. The lowest BCUT2D eigenvalue weighted by atomic mass is 10.2. The van der Waals surface area contributed by atoms with E-state index in [0.717, 1.165) is 5.56 Å². The molecule has 1 heterocycles. The van der Waals surface area contributed by atoms with Crippen LogP contribution in [0.2, 0.25) is 0 Å². The highest BCUT2D eigenvalue weighted by molar-refractivity contribution is 9.10. The van der Waals surface area contributed by atoms with Gasteiger partial charge in [-0.3, -0.25) is 0 Å². The van der Waals surface area contributed by atoms with Crippen molar-refractivity contribution in [2.45, 2.75) is 6.54 Å². The second kappa shape index (κ2) is 5.14. The molecule has 0 amide bonds. The molecule has 0 fully saturated rings. The molecule has 2 rings (SSSR count). The summed E-state index contributed by atoms with van der Waals surface area (Å²) < 4.78 is 14.1. The topological polar surface area (TPSA) is 50.9 Å². The fourth-order valence-electron chi connectivity index (χ4n) is 1.42. The Hall–Kier alpha value is -1.62. The van der Waals surface area contributed by atoms with Crippen molar-refractivity contribution in [2.75, 3.05) is 11.1 Å². The number of halogens is 2. The second-order valence-electron chi connectivity index (χ2n) is 3.54. The minimum Gasteiger partial charge on any atom is -0.398 e. The van der Waals surface area contributed by atoms with Crippen LogP contribution < -0.4 is 11.1 Å². The number of pyridine rings is 1. The van der Waals surface area contributed by atoms with Gasteiger partial charge in [-0.1, -0.05) is 18.2 Å². The second-order valence-corrected chi connectivity index (χ2v) is 4.45. The lowest BCUT2D eigenvalue weighted by molar-refractivity contribution is 0.623. The summed E-state index contributed by atoms with van der Waals surface area (Å²) in [6.07, 6.45) is 1.54. The molecule has 0 saturated heterocycles. The Morgan fingerprint density at radius 1 is 1.35 bits per heavy atom. The Balaban J connectivity index is 2.10. The number of nitrogen functional groups attached to an aromatic ring is 1. The Bertz CT molecular complexity index is 531. The van der Waals surface area contributed by atoms with E-state index in [0.29, 0.717) is 16.7 Å². The van der Waals surface area contributed by atoms with Crippen LogP contribution in [-0.2, 0) is 6.54 Å². The molecule has 0 bridgehead atoms. The minimum absolute atomic E-state index is 0.219. The summed E-state index contributed by atoms with van der Waals surface area (Å²) in [5.41, 5.74) is 7.38. The molecule has 17 heavy (non-hydrogen) atoms. The van der Waals surface area contributed by atoms with Gasteiger partial charge in [0.25, 0.3) is 0 Å². The van der Waals surface area contributed by atoms with Gasteiger partial charge in [-0.05, 0) is 33.6 Å². The van der Waals surface area contributed by atoms with Crippen LogP contribution in [0.1, 0.15) is 5.56 Å². The van der Waals surface area contributed by atoms with E-state index in [1.54, 1.807) is 6.20 Å². The van der Waals surface area contributed by atoms with Gasteiger partial charge < -0.3 is 11.1 Å². The van der Waals surface area contributed by atoms with Crippen molar-refractivity contribution < 1.29 is 4.39 Å². The third-order valence-corrected chi connectivity index (χ3v) is 2.74. The number of anilines is 2. The summed E-state index contributed by atoms with van der Waals surface area (Å²) in [5.74, 6) is -0.176. The van der Waals surface area contributed by atoms with Crippen molar-refractivity contribution >= 4 is 27.4 Å². The first kappa shape index (κ1) is 11.9. The van der Waals surface area contributed by atoms with Crippen molar-refractivity contribution in [3.05, 3.63) is 52.4 Å². The molecular weight excluding hydrogens is 285 g/mol. The maximum absolute atomic E-state index is 13.5. The molecule has 3 N–H and O–H groups in total. The molecular formula is C12H11BrFN3. The van der Waals surface area contributed by atoms with Crippen molar-refractivity contribution in [3.8, 4) is 0 Å². The van der Waals surface area contributed by atoms with E-state index in [-0.39, 0.29) is 5.82 Å². The van der Waals surface area contributed by atoms with Gasteiger partial charge in [0, 0.05) is 22.9 Å². The Morgan fingerprint density at radius 2 is 2.12 bits per heavy atom. The first-order valence-corrected chi connectivity index (χ1v) is 5.84. The van der Waals surface area contributed by atoms with Crippen LogP contribution >= 0.6 is 15.9 Å². The molecule has 0 saturated carbocycles. The van der Waals surface area contributed by atoms with E-state index >= 15 is 0 Å². The van der Waals surface area contributed by atoms with E-state index in [9.17, 15) is 4.39 Å². The number of nitrogens with two attached hydrogens (primary N) is 1. The van der Waals surface area contributed by atoms with Gasteiger partial charge >= 0.3 is 0 Å². The van der Waals surface area contributed by atoms with Crippen LogP contribution in [0.4, 0.5) is 15.9 Å². The van der Waals surface area contributed by atoms with Crippen LogP contribution in [-0.4, -0.2) is 4.98 Å². The van der Waals surface area contributed by atoms with Crippen molar-refractivity contribution in [3.63, 3.8) is 0 Å². The highest BCUT2D eigenvalue weighted by atomic mass is 79.9. The average Bonchev–Trinajstić information content (AvgIpc) is 2.30. The minimum atomic E-state index is -0.395. The predicted molar refractivity (Wildman–Crippen MR) is 70.1 cm³/mol. The molecule has 88 valence electrons. The van der Waals surface area contributed by atoms with E-state index in [2.05, 4.69) is 26.2 Å².